The number of thioether (sulfide) groups is 1. The summed E-state index contributed by atoms with van der Waals surface area (Å²) in [6.45, 7) is 5.89. The van der Waals surface area contributed by atoms with E-state index in [1.807, 2.05) is 0 Å². The van der Waals surface area contributed by atoms with Crippen molar-refractivity contribution < 1.29 is 4.57 Å². The number of imidazole rings is 1. The van der Waals surface area contributed by atoms with Gasteiger partial charge >= 0.3 is 0 Å². The first-order valence-corrected chi connectivity index (χ1v) is 11.4. The maximum atomic E-state index is 2.42. The summed E-state index contributed by atoms with van der Waals surface area (Å²) in [7, 11) is 2.08. The fourth-order valence-electron chi connectivity index (χ4n) is 3.14. The van der Waals surface area contributed by atoms with E-state index in [0.717, 1.165) is 5.25 Å². The van der Waals surface area contributed by atoms with Crippen LogP contribution in [0.1, 0.15) is 90.9 Å². The normalized spacial score (nSPS) is 12.6. The first kappa shape index (κ1) is 21.6. The van der Waals surface area contributed by atoms with Crippen LogP contribution in [0.3, 0.4) is 0 Å². The van der Waals surface area contributed by atoms with Crippen LogP contribution >= 0.6 is 11.8 Å². The lowest BCUT2D eigenvalue weighted by atomic mass is 10.1. The van der Waals surface area contributed by atoms with Crippen LogP contribution in [0.2, 0.25) is 0 Å². The summed E-state index contributed by atoms with van der Waals surface area (Å²) < 4.78 is 4.41. The van der Waals surface area contributed by atoms with Crippen molar-refractivity contribution in [2.45, 2.75) is 103 Å². The van der Waals surface area contributed by atoms with E-state index >= 15 is 0 Å². The number of hydrogen-bond donors (Lipinski definition) is 0. The van der Waals surface area contributed by atoms with Crippen molar-refractivity contribution >= 4 is 11.8 Å². The van der Waals surface area contributed by atoms with Crippen LogP contribution in [0.15, 0.2) is 18.7 Å². The predicted octanol–water partition coefficient (Wildman–Crippen LogP) is 6.14. The Morgan fingerprint density at radius 2 is 1.58 bits per heavy atom. The third kappa shape index (κ3) is 12.0. The molecule has 0 spiro atoms. The van der Waals surface area contributed by atoms with E-state index in [2.05, 4.69) is 60.5 Å². The Kier molecular flexibility index (Phi) is 13.4. The van der Waals surface area contributed by atoms with Crippen molar-refractivity contribution in [2.75, 3.05) is 5.75 Å². The van der Waals surface area contributed by atoms with E-state index < -0.39 is 0 Å². The fourth-order valence-corrected chi connectivity index (χ4v) is 4.25. The molecule has 3 heteroatoms. The number of rotatable bonds is 16. The number of aromatic nitrogens is 2. The van der Waals surface area contributed by atoms with Gasteiger partial charge in [-0.15, -0.1) is 0 Å². The van der Waals surface area contributed by atoms with Gasteiger partial charge in [-0.25, -0.2) is 9.13 Å². The molecule has 0 aliphatic heterocycles. The average Bonchev–Trinajstić information content (AvgIpc) is 2.98. The summed E-state index contributed by atoms with van der Waals surface area (Å²) in [5, 5.41) is 0.866. The lowest BCUT2D eigenvalue weighted by molar-refractivity contribution is -0.671. The Labute approximate surface area is 155 Å². The standard InChI is InChI=1S/C21H41N2S/c1-4-5-6-7-9-12-15-21(2)24-19-14-11-8-10-13-16-23-18-17-22(3)20-23/h17-18,20-21H,4-16,19H2,1-3H3/q+1. The van der Waals surface area contributed by atoms with Gasteiger partial charge in [0, 0.05) is 5.25 Å². The van der Waals surface area contributed by atoms with E-state index in [-0.39, 0.29) is 0 Å². The number of hydrogen-bond acceptors (Lipinski definition) is 1. The molecular formula is C21H41N2S+. The third-order valence-electron chi connectivity index (χ3n) is 4.75. The molecule has 0 saturated heterocycles. The minimum Gasteiger partial charge on any atom is -0.240 e. The van der Waals surface area contributed by atoms with Gasteiger partial charge in [0.2, 0.25) is 6.33 Å². The molecule has 0 saturated carbocycles. The highest BCUT2D eigenvalue weighted by atomic mass is 32.2. The molecule has 0 aromatic carbocycles. The molecule has 0 amide bonds. The zero-order valence-corrected chi connectivity index (χ0v) is 17.3. The number of unbranched alkanes of at least 4 members (excludes halogenated alkanes) is 9. The van der Waals surface area contributed by atoms with Crippen LogP contribution in [0, 0.1) is 0 Å². The van der Waals surface area contributed by atoms with Gasteiger partial charge in [-0.05, 0) is 31.4 Å². The van der Waals surface area contributed by atoms with Gasteiger partial charge in [0.15, 0.2) is 0 Å². The number of nitrogens with zero attached hydrogens (tertiary/aromatic N) is 2. The molecule has 140 valence electrons. The van der Waals surface area contributed by atoms with Crippen molar-refractivity contribution in [3.05, 3.63) is 18.7 Å². The molecule has 0 radical (unpaired) electrons. The van der Waals surface area contributed by atoms with Crippen molar-refractivity contribution in [3.63, 3.8) is 0 Å². The molecule has 0 aliphatic carbocycles. The Balaban J connectivity index is 1.80. The smallest absolute Gasteiger partial charge is 0.240 e. The average molecular weight is 354 g/mol. The Morgan fingerprint density at radius 1 is 0.917 bits per heavy atom. The highest BCUT2D eigenvalue weighted by Gasteiger charge is 2.03. The van der Waals surface area contributed by atoms with Crippen LogP contribution in [-0.4, -0.2) is 15.6 Å². The van der Waals surface area contributed by atoms with Crippen molar-refractivity contribution in [1.29, 1.82) is 0 Å². The van der Waals surface area contributed by atoms with Crippen molar-refractivity contribution in [1.82, 2.24) is 4.57 Å². The van der Waals surface area contributed by atoms with Crippen LogP contribution in [0.25, 0.3) is 0 Å². The maximum Gasteiger partial charge on any atom is 0.243 e. The van der Waals surface area contributed by atoms with Crippen molar-refractivity contribution in [3.8, 4) is 0 Å². The molecule has 1 atom stereocenters. The van der Waals surface area contributed by atoms with Crippen LogP contribution in [0.5, 0.6) is 0 Å². The lowest BCUT2D eigenvalue weighted by Crippen LogP contribution is -2.23. The van der Waals surface area contributed by atoms with Gasteiger partial charge in [-0.1, -0.05) is 65.2 Å². The van der Waals surface area contributed by atoms with Crippen molar-refractivity contribution in [2.24, 2.45) is 7.05 Å². The molecule has 1 aromatic rings. The summed E-state index contributed by atoms with van der Waals surface area (Å²) in [5.74, 6) is 1.37. The summed E-state index contributed by atoms with van der Waals surface area (Å²) >= 11 is 2.20. The van der Waals surface area contributed by atoms with Crippen LogP contribution in [0.4, 0.5) is 0 Å². The SMILES string of the molecule is CCCCCCCCC(C)SCCCCCCCn1cc[n+](C)c1. The fraction of sp³-hybridized carbons (Fsp3) is 0.857. The first-order valence-electron chi connectivity index (χ1n) is 10.3. The highest BCUT2D eigenvalue weighted by Crippen LogP contribution is 2.20. The van der Waals surface area contributed by atoms with E-state index in [1.165, 1.54) is 89.3 Å². The molecule has 0 aliphatic rings. The molecule has 1 aromatic heterocycles. The highest BCUT2D eigenvalue weighted by molar-refractivity contribution is 7.99. The lowest BCUT2D eigenvalue weighted by Gasteiger charge is -2.10. The van der Waals surface area contributed by atoms with Gasteiger partial charge in [-0.3, -0.25) is 0 Å². The van der Waals surface area contributed by atoms with Gasteiger partial charge in [0.25, 0.3) is 0 Å². The Bertz CT molecular complexity index is 389. The summed E-state index contributed by atoms with van der Waals surface area (Å²) in [6, 6.07) is 0. The van der Waals surface area contributed by atoms with Crippen LogP contribution < -0.4 is 4.57 Å². The van der Waals surface area contributed by atoms with Gasteiger partial charge < -0.3 is 0 Å². The third-order valence-corrected chi connectivity index (χ3v) is 6.08. The second-order valence-electron chi connectivity index (χ2n) is 7.32. The summed E-state index contributed by atoms with van der Waals surface area (Å²) in [4.78, 5) is 0. The monoisotopic (exact) mass is 353 g/mol. The van der Waals surface area contributed by atoms with E-state index in [9.17, 15) is 0 Å². The zero-order valence-electron chi connectivity index (χ0n) is 16.5. The molecule has 0 N–H and O–H groups in total. The first-order chi connectivity index (χ1) is 11.7. The Morgan fingerprint density at radius 3 is 2.29 bits per heavy atom. The van der Waals surface area contributed by atoms with Gasteiger partial charge in [0.05, 0.1) is 13.6 Å². The molecule has 1 heterocycles. The van der Waals surface area contributed by atoms with E-state index in [4.69, 9.17) is 0 Å². The zero-order chi connectivity index (χ0) is 17.5. The molecule has 0 bridgehead atoms. The molecule has 1 rings (SSSR count). The van der Waals surface area contributed by atoms with Gasteiger partial charge in [-0.2, -0.15) is 11.8 Å². The molecule has 2 nitrogen and oxygen atoms in total. The Hall–Kier alpha value is -0.440. The maximum absolute atomic E-state index is 2.42. The second-order valence-corrected chi connectivity index (χ2v) is 8.87. The largest absolute Gasteiger partial charge is 0.243 e. The minimum absolute atomic E-state index is 0.866. The second kappa shape index (κ2) is 14.9. The topological polar surface area (TPSA) is 8.81 Å². The molecular weight excluding hydrogens is 312 g/mol. The van der Waals surface area contributed by atoms with Crippen LogP contribution in [-0.2, 0) is 13.6 Å². The number of aryl methyl sites for hydroxylation is 2. The minimum atomic E-state index is 0.866. The molecule has 24 heavy (non-hydrogen) atoms. The molecule has 0 fully saturated rings. The van der Waals surface area contributed by atoms with E-state index in [0.29, 0.717) is 0 Å². The van der Waals surface area contributed by atoms with E-state index in [1.54, 1.807) is 0 Å². The molecule has 1 unspecified atom stereocenters. The summed E-state index contributed by atoms with van der Waals surface area (Å²) in [5.41, 5.74) is 0. The summed E-state index contributed by atoms with van der Waals surface area (Å²) in [6.07, 6.45) is 23.4. The predicted molar refractivity (Wildman–Crippen MR) is 109 cm³/mol. The quantitative estimate of drug-likeness (QED) is 0.256. The van der Waals surface area contributed by atoms with Gasteiger partial charge in [0.1, 0.15) is 12.4 Å².